The number of halogens is 4. The van der Waals surface area contributed by atoms with Crippen molar-refractivity contribution in [1.82, 2.24) is 10.6 Å². The summed E-state index contributed by atoms with van der Waals surface area (Å²) < 4.78 is 57.4. The predicted octanol–water partition coefficient (Wildman–Crippen LogP) is 4.36. The second-order valence-corrected chi connectivity index (χ2v) is 8.31. The summed E-state index contributed by atoms with van der Waals surface area (Å²) in [6, 6.07) is 4.02. The molecule has 0 spiro atoms. The van der Waals surface area contributed by atoms with Crippen LogP contribution in [-0.4, -0.2) is 51.1 Å². The Labute approximate surface area is 199 Å². The molecule has 0 radical (unpaired) electrons. The summed E-state index contributed by atoms with van der Waals surface area (Å²) in [7, 11) is 3.23. The van der Waals surface area contributed by atoms with Crippen molar-refractivity contribution in [3.8, 4) is 5.75 Å². The molecule has 2 rings (SSSR count). The normalized spacial score (nSPS) is 17.0. The number of aliphatic imine (C=N–C) groups is 1. The Balaban J connectivity index is 0.00000480. The predicted molar refractivity (Wildman–Crippen MR) is 125 cm³/mol. The van der Waals surface area contributed by atoms with E-state index < -0.39 is 17.3 Å². The molecule has 2 N–H and O–H groups in total. The van der Waals surface area contributed by atoms with Crippen LogP contribution in [0.15, 0.2) is 23.2 Å². The number of hydrogen-bond donors (Lipinski definition) is 2. The molecule has 6 nitrogen and oxygen atoms in total. The molecule has 1 aliphatic heterocycles. The molecule has 10 heteroatoms. The molecule has 1 heterocycles. The smallest absolute Gasteiger partial charge is 0.416 e. The average Bonchev–Trinajstić information content (AvgIpc) is 2.67. The maximum atomic E-state index is 13.6. The van der Waals surface area contributed by atoms with Gasteiger partial charge in [-0.2, -0.15) is 13.2 Å². The molecule has 1 aromatic rings. The van der Waals surface area contributed by atoms with Gasteiger partial charge in [0.25, 0.3) is 0 Å². The van der Waals surface area contributed by atoms with Gasteiger partial charge >= 0.3 is 6.18 Å². The zero-order valence-electron chi connectivity index (χ0n) is 18.7. The van der Waals surface area contributed by atoms with E-state index in [1.807, 2.05) is 0 Å². The molecule has 0 aliphatic carbocycles. The Bertz CT molecular complexity index is 731. The number of alkyl halides is 3. The largest absolute Gasteiger partial charge is 0.488 e. The van der Waals surface area contributed by atoms with E-state index in [0.29, 0.717) is 25.7 Å². The van der Waals surface area contributed by atoms with Crippen molar-refractivity contribution >= 4 is 29.9 Å². The van der Waals surface area contributed by atoms with Crippen LogP contribution in [0.3, 0.4) is 0 Å². The summed E-state index contributed by atoms with van der Waals surface area (Å²) in [5, 5.41) is 6.11. The van der Waals surface area contributed by atoms with E-state index in [2.05, 4.69) is 15.6 Å². The minimum Gasteiger partial charge on any atom is -0.488 e. The van der Waals surface area contributed by atoms with Gasteiger partial charge in [0, 0.05) is 53.3 Å². The van der Waals surface area contributed by atoms with E-state index in [-0.39, 0.29) is 47.4 Å². The Morgan fingerprint density at radius 3 is 2.32 bits per heavy atom. The van der Waals surface area contributed by atoms with Gasteiger partial charge in [-0.05, 0) is 38.5 Å². The fraction of sp³-hybridized carbons (Fsp3) is 0.667. The number of guanidine groups is 1. The lowest BCUT2D eigenvalue weighted by Crippen LogP contribution is -2.50. The summed E-state index contributed by atoms with van der Waals surface area (Å²) in [6.07, 6.45) is -3.02. The van der Waals surface area contributed by atoms with E-state index in [4.69, 9.17) is 14.2 Å². The molecule has 1 fully saturated rings. The topological polar surface area (TPSA) is 64.1 Å². The van der Waals surface area contributed by atoms with Crippen LogP contribution in [0.4, 0.5) is 13.2 Å². The van der Waals surface area contributed by atoms with E-state index in [9.17, 15) is 13.2 Å². The van der Waals surface area contributed by atoms with Crippen molar-refractivity contribution in [3.63, 3.8) is 0 Å². The van der Waals surface area contributed by atoms with Crippen molar-refractivity contribution < 1.29 is 27.4 Å². The number of nitrogens with one attached hydrogen (secondary N) is 2. The van der Waals surface area contributed by atoms with Gasteiger partial charge in [-0.3, -0.25) is 4.99 Å². The van der Waals surface area contributed by atoms with Crippen LogP contribution in [0.25, 0.3) is 0 Å². The third kappa shape index (κ3) is 8.64. The first-order chi connectivity index (χ1) is 14.0. The summed E-state index contributed by atoms with van der Waals surface area (Å²) in [4.78, 5) is 4.11. The van der Waals surface area contributed by atoms with Crippen LogP contribution in [0, 0.1) is 0 Å². The first kappa shape index (κ1) is 27.8. The lowest BCUT2D eigenvalue weighted by molar-refractivity contribution is -0.138. The number of benzene rings is 1. The third-order valence-electron chi connectivity index (χ3n) is 4.90. The van der Waals surface area contributed by atoms with E-state index in [1.54, 1.807) is 41.0 Å². The molecule has 178 valence electrons. The molecular weight excluding hydrogens is 526 g/mol. The third-order valence-corrected chi connectivity index (χ3v) is 4.90. The lowest BCUT2D eigenvalue weighted by atomic mass is 9.94. The molecule has 0 saturated carbocycles. The molecule has 0 atom stereocenters. The zero-order valence-corrected chi connectivity index (χ0v) is 21.0. The van der Waals surface area contributed by atoms with Crippen molar-refractivity contribution in [2.24, 2.45) is 4.99 Å². The molecule has 0 aromatic heterocycles. The van der Waals surface area contributed by atoms with E-state index in [1.165, 1.54) is 6.07 Å². The summed E-state index contributed by atoms with van der Waals surface area (Å²) in [6.45, 7) is 7.03. The van der Waals surface area contributed by atoms with Gasteiger partial charge in [-0.1, -0.05) is 6.07 Å². The first-order valence-corrected chi connectivity index (χ1v) is 9.95. The molecule has 0 amide bonds. The molecule has 31 heavy (non-hydrogen) atoms. The van der Waals surface area contributed by atoms with Crippen LogP contribution in [0.1, 0.15) is 44.7 Å². The van der Waals surface area contributed by atoms with Gasteiger partial charge in [-0.15, -0.1) is 24.0 Å². The first-order valence-electron chi connectivity index (χ1n) is 9.95. The monoisotopic (exact) mass is 559 g/mol. The Morgan fingerprint density at radius 2 is 1.81 bits per heavy atom. The second-order valence-electron chi connectivity index (χ2n) is 8.31. The maximum Gasteiger partial charge on any atom is 0.416 e. The number of nitrogens with zero attached hydrogens (tertiary/aromatic N) is 1. The van der Waals surface area contributed by atoms with Crippen LogP contribution in [0.2, 0.25) is 0 Å². The molecule has 0 unspecified atom stereocenters. The van der Waals surface area contributed by atoms with Crippen LogP contribution >= 0.6 is 24.0 Å². The Hall–Kier alpha value is -1.27. The van der Waals surface area contributed by atoms with Crippen molar-refractivity contribution in [1.29, 1.82) is 0 Å². The van der Waals surface area contributed by atoms with E-state index in [0.717, 1.165) is 18.9 Å². The number of hydrogen-bond acceptors (Lipinski definition) is 4. The molecule has 0 bridgehead atoms. The van der Waals surface area contributed by atoms with E-state index >= 15 is 0 Å². The molecule has 1 aromatic carbocycles. The van der Waals surface area contributed by atoms with Gasteiger partial charge < -0.3 is 24.8 Å². The van der Waals surface area contributed by atoms with Crippen molar-refractivity contribution in [3.05, 3.63) is 29.3 Å². The van der Waals surface area contributed by atoms with Crippen molar-refractivity contribution in [2.45, 2.75) is 57.5 Å². The quantitative estimate of drug-likeness (QED) is 0.308. The summed E-state index contributed by atoms with van der Waals surface area (Å²) >= 11 is 0. The maximum absolute atomic E-state index is 13.6. The fourth-order valence-corrected chi connectivity index (χ4v) is 3.23. The molecular formula is C21H33F3IN3O3. The standard InChI is InChI=1S/C21H32F3N3O3.HI/c1-19(2,3)30-16-7-6-15(17(12-16)21(22,23)24)13-26-18(25-4)27-14-20(28-5)8-10-29-11-9-20;/h6-7,12H,8-11,13-14H2,1-5H3,(H2,25,26,27);1H. The van der Waals surface area contributed by atoms with Gasteiger partial charge in [0.1, 0.15) is 11.4 Å². The van der Waals surface area contributed by atoms with Gasteiger partial charge in [0.2, 0.25) is 0 Å². The average molecular weight is 559 g/mol. The SMILES string of the molecule is CN=C(NCc1ccc(OC(C)(C)C)cc1C(F)(F)F)NCC1(OC)CCOCC1.I. The molecule has 1 aliphatic rings. The Kier molecular flexibility index (Phi) is 10.3. The lowest BCUT2D eigenvalue weighted by Gasteiger charge is -2.36. The summed E-state index contributed by atoms with van der Waals surface area (Å²) in [5.74, 6) is 0.587. The number of ether oxygens (including phenoxy) is 3. The highest BCUT2D eigenvalue weighted by atomic mass is 127. The van der Waals surface area contributed by atoms with Crippen LogP contribution in [-0.2, 0) is 22.2 Å². The highest BCUT2D eigenvalue weighted by Crippen LogP contribution is 2.35. The van der Waals surface area contributed by atoms with Gasteiger partial charge in [0.15, 0.2) is 5.96 Å². The summed E-state index contributed by atoms with van der Waals surface area (Å²) in [5.41, 5.74) is -1.58. The van der Waals surface area contributed by atoms with Gasteiger partial charge in [0.05, 0.1) is 11.2 Å². The number of rotatable bonds is 6. The number of methoxy groups -OCH3 is 1. The Morgan fingerprint density at radius 1 is 1.16 bits per heavy atom. The molecule has 1 saturated heterocycles. The minimum absolute atomic E-state index is 0. The second kappa shape index (κ2) is 11.6. The highest BCUT2D eigenvalue weighted by Gasteiger charge is 2.35. The van der Waals surface area contributed by atoms with Crippen LogP contribution in [0.5, 0.6) is 5.75 Å². The minimum atomic E-state index is -4.49. The highest BCUT2D eigenvalue weighted by molar-refractivity contribution is 14.0. The van der Waals surface area contributed by atoms with Gasteiger partial charge in [-0.25, -0.2) is 0 Å². The fourth-order valence-electron chi connectivity index (χ4n) is 3.23. The van der Waals surface area contributed by atoms with Crippen LogP contribution < -0.4 is 15.4 Å². The zero-order chi connectivity index (χ0) is 22.4. The van der Waals surface area contributed by atoms with Crippen molar-refractivity contribution in [2.75, 3.05) is 33.9 Å².